The summed E-state index contributed by atoms with van der Waals surface area (Å²) < 4.78 is 0. The Balaban J connectivity index is 4.55. The third-order valence-corrected chi connectivity index (χ3v) is 1.68. The highest BCUT2D eigenvalue weighted by Crippen LogP contribution is 2.07. The van der Waals surface area contributed by atoms with Crippen LogP contribution in [-0.2, 0) is 4.79 Å². The first-order valence-corrected chi connectivity index (χ1v) is 4.25. The molecule has 0 atom stereocenters. The van der Waals surface area contributed by atoms with Crippen molar-refractivity contribution in [1.82, 2.24) is 5.32 Å². The normalized spacial score (nSPS) is 12.6. The Morgan fingerprint density at radius 3 is 2.15 bits per heavy atom. The zero-order valence-electron chi connectivity index (χ0n) is 8.77. The second-order valence-corrected chi connectivity index (χ2v) is 3.03. The van der Waals surface area contributed by atoms with Gasteiger partial charge in [0.2, 0.25) is 5.91 Å². The molecule has 2 nitrogen and oxygen atoms in total. The molecule has 0 aromatic carbocycles. The summed E-state index contributed by atoms with van der Waals surface area (Å²) in [5.41, 5.74) is 2.89. The molecule has 0 aliphatic heterocycles. The number of amides is 1. The van der Waals surface area contributed by atoms with Gasteiger partial charge in [0.05, 0.1) is 0 Å². The van der Waals surface area contributed by atoms with E-state index in [0.717, 1.165) is 16.8 Å². The maximum absolute atomic E-state index is 10.8. The largest absolute Gasteiger partial charge is 0.327 e. The maximum Gasteiger partial charge on any atom is 0.221 e. The first-order chi connectivity index (χ1) is 5.97. The molecule has 0 rings (SSSR count). The quantitative estimate of drug-likeness (QED) is 0.663. The van der Waals surface area contributed by atoms with Crippen molar-refractivity contribution < 1.29 is 4.79 Å². The molecule has 0 unspecified atom stereocenters. The lowest BCUT2D eigenvalue weighted by molar-refractivity contribution is -0.118. The first kappa shape index (κ1) is 11.7. The third-order valence-electron chi connectivity index (χ3n) is 1.68. The van der Waals surface area contributed by atoms with Crippen molar-refractivity contribution in [3.8, 4) is 0 Å². The summed E-state index contributed by atoms with van der Waals surface area (Å²) in [4.78, 5) is 10.8. The standard InChI is InChI=1S/C11H17NO/c1-6-11(12-10(5)13)7-9(4)8(2)3/h6-7H,2H2,1,3-5H3,(H,12,13)/b9-7-,11-6?. The van der Waals surface area contributed by atoms with Crippen LogP contribution in [-0.4, -0.2) is 5.91 Å². The van der Waals surface area contributed by atoms with Crippen molar-refractivity contribution in [2.24, 2.45) is 0 Å². The van der Waals surface area contributed by atoms with Gasteiger partial charge in [-0.1, -0.05) is 18.2 Å². The van der Waals surface area contributed by atoms with Gasteiger partial charge in [-0.2, -0.15) is 0 Å². The number of allylic oxidation sites excluding steroid dienone is 4. The molecule has 72 valence electrons. The summed E-state index contributed by atoms with van der Waals surface area (Å²) >= 11 is 0. The molecular formula is C11H17NO. The first-order valence-electron chi connectivity index (χ1n) is 4.25. The van der Waals surface area contributed by atoms with Gasteiger partial charge in [-0.15, -0.1) is 0 Å². The van der Waals surface area contributed by atoms with Gasteiger partial charge in [0.25, 0.3) is 0 Å². The summed E-state index contributed by atoms with van der Waals surface area (Å²) in [5, 5.41) is 2.72. The highest BCUT2D eigenvalue weighted by molar-refractivity contribution is 5.75. The highest BCUT2D eigenvalue weighted by atomic mass is 16.1. The van der Waals surface area contributed by atoms with Gasteiger partial charge < -0.3 is 5.32 Å². The SMILES string of the molecule is C=C(C)/C(C)=C\C(=CC)NC(C)=O. The molecule has 1 amide bonds. The molecule has 0 fully saturated rings. The molecule has 0 aliphatic carbocycles. The van der Waals surface area contributed by atoms with Crippen LogP contribution in [0.15, 0.2) is 35.6 Å². The van der Waals surface area contributed by atoms with Gasteiger partial charge in [0.15, 0.2) is 0 Å². The summed E-state index contributed by atoms with van der Waals surface area (Å²) in [6, 6.07) is 0. The molecule has 0 aromatic rings. The fourth-order valence-corrected chi connectivity index (χ4v) is 0.751. The van der Waals surface area contributed by atoms with Crippen LogP contribution in [0.2, 0.25) is 0 Å². The summed E-state index contributed by atoms with van der Waals surface area (Å²) in [6.45, 7) is 11.1. The second kappa shape index (κ2) is 5.36. The average molecular weight is 179 g/mol. The minimum absolute atomic E-state index is 0.0566. The second-order valence-electron chi connectivity index (χ2n) is 3.03. The van der Waals surface area contributed by atoms with Crippen molar-refractivity contribution >= 4 is 5.91 Å². The summed E-state index contributed by atoms with van der Waals surface area (Å²) in [6.07, 6.45) is 3.76. The van der Waals surface area contributed by atoms with Crippen LogP contribution in [0.1, 0.15) is 27.7 Å². The number of carbonyl (C=O) groups is 1. The summed E-state index contributed by atoms with van der Waals surface area (Å²) in [7, 11) is 0. The number of hydrogen-bond acceptors (Lipinski definition) is 1. The highest BCUT2D eigenvalue weighted by Gasteiger charge is 1.96. The number of nitrogens with one attached hydrogen (secondary N) is 1. The van der Waals surface area contributed by atoms with Crippen molar-refractivity contribution in [2.45, 2.75) is 27.7 Å². The number of hydrogen-bond donors (Lipinski definition) is 1. The Morgan fingerprint density at radius 2 is 1.85 bits per heavy atom. The minimum atomic E-state index is -0.0566. The van der Waals surface area contributed by atoms with E-state index in [1.54, 1.807) is 0 Å². The Labute approximate surface area is 80.0 Å². The van der Waals surface area contributed by atoms with Crippen molar-refractivity contribution in [2.75, 3.05) is 0 Å². The van der Waals surface area contributed by atoms with Gasteiger partial charge in [-0.3, -0.25) is 4.79 Å². The van der Waals surface area contributed by atoms with Crippen LogP contribution < -0.4 is 5.32 Å². The molecule has 13 heavy (non-hydrogen) atoms. The minimum Gasteiger partial charge on any atom is -0.327 e. The van der Waals surface area contributed by atoms with Gasteiger partial charge >= 0.3 is 0 Å². The van der Waals surface area contributed by atoms with Crippen molar-refractivity contribution in [3.63, 3.8) is 0 Å². The molecule has 0 radical (unpaired) electrons. The van der Waals surface area contributed by atoms with Crippen LogP contribution >= 0.6 is 0 Å². The lowest BCUT2D eigenvalue weighted by Gasteiger charge is -2.04. The van der Waals surface area contributed by atoms with E-state index in [1.165, 1.54) is 6.92 Å². The molecule has 0 saturated heterocycles. The lowest BCUT2D eigenvalue weighted by atomic mass is 10.1. The Bertz CT molecular complexity index is 272. The van der Waals surface area contributed by atoms with E-state index < -0.39 is 0 Å². The topological polar surface area (TPSA) is 29.1 Å². The van der Waals surface area contributed by atoms with Crippen molar-refractivity contribution in [1.29, 1.82) is 0 Å². The van der Waals surface area contributed by atoms with E-state index in [4.69, 9.17) is 0 Å². The molecule has 0 spiro atoms. The monoisotopic (exact) mass is 179 g/mol. The van der Waals surface area contributed by atoms with E-state index in [9.17, 15) is 4.79 Å². The fourth-order valence-electron chi connectivity index (χ4n) is 0.751. The Hall–Kier alpha value is -1.31. The number of carbonyl (C=O) groups excluding carboxylic acids is 1. The van der Waals surface area contributed by atoms with Crippen molar-refractivity contribution in [3.05, 3.63) is 35.6 Å². The zero-order chi connectivity index (χ0) is 10.4. The van der Waals surface area contributed by atoms with E-state index in [2.05, 4.69) is 11.9 Å². The third kappa shape index (κ3) is 5.01. The number of rotatable bonds is 3. The Kier molecular flexibility index (Phi) is 4.82. The van der Waals surface area contributed by atoms with Crippen LogP contribution in [0.4, 0.5) is 0 Å². The van der Waals surface area contributed by atoms with Gasteiger partial charge in [0, 0.05) is 12.6 Å². The fraction of sp³-hybridized carbons (Fsp3) is 0.364. The predicted molar refractivity (Wildman–Crippen MR) is 56.1 cm³/mol. The average Bonchev–Trinajstić information content (AvgIpc) is 2.02. The molecule has 2 heteroatoms. The molecule has 0 saturated carbocycles. The zero-order valence-corrected chi connectivity index (χ0v) is 8.77. The molecule has 0 bridgehead atoms. The smallest absolute Gasteiger partial charge is 0.221 e. The van der Waals surface area contributed by atoms with E-state index in [0.29, 0.717) is 0 Å². The summed E-state index contributed by atoms with van der Waals surface area (Å²) in [5.74, 6) is -0.0566. The van der Waals surface area contributed by atoms with E-state index in [1.807, 2.05) is 32.9 Å². The van der Waals surface area contributed by atoms with Gasteiger partial charge in [0.1, 0.15) is 0 Å². The lowest BCUT2D eigenvalue weighted by Crippen LogP contribution is -2.17. The predicted octanol–water partition coefficient (Wildman–Crippen LogP) is 2.55. The Morgan fingerprint density at radius 1 is 1.31 bits per heavy atom. The van der Waals surface area contributed by atoms with Crippen LogP contribution in [0.5, 0.6) is 0 Å². The van der Waals surface area contributed by atoms with Crippen LogP contribution in [0.3, 0.4) is 0 Å². The maximum atomic E-state index is 10.8. The molecule has 0 heterocycles. The van der Waals surface area contributed by atoms with E-state index >= 15 is 0 Å². The van der Waals surface area contributed by atoms with Crippen LogP contribution in [0.25, 0.3) is 0 Å². The van der Waals surface area contributed by atoms with Gasteiger partial charge in [-0.05, 0) is 32.4 Å². The molecular weight excluding hydrogens is 162 g/mol. The van der Waals surface area contributed by atoms with Crippen LogP contribution in [0, 0.1) is 0 Å². The molecule has 1 N–H and O–H groups in total. The molecule has 0 aliphatic rings. The molecule has 0 aromatic heterocycles. The van der Waals surface area contributed by atoms with Gasteiger partial charge in [-0.25, -0.2) is 0 Å². The van der Waals surface area contributed by atoms with E-state index in [-0.39, 0.29) is 5.91 Å².